The summed E-state index contributed by atoms with van der Waals surface area (Å²) >= 11 is 0. The Morgan fingerprint density at radius 1 is 0.931 bits per heavy atom. The summed E-state index contributed by atoms with van der Waals surface area (Å²) < 4.78 is 5.91. The highest BCUT2D eigenvalue weighted by Gasteiger charge is 2.23. The lowest BCUT2D eigenvalue weighted by Gasteiger charge is -2.21. The minimum Gasteiger partial charge on any atom is -0.461 e. The van der Waals surface area contributed by atoms with Gasteiger partial charge in [0.2, 0.25) is 0 Å². The lowest BCUT2D eigenvalue weighted by Crippen LogP contribution is -2.07. The van der Waals surface area contributed by atoms with Gasteiger partial charge in [-0.25, -0.2) is 0 Å². The van der Waals surface area contributed by atoms with Gasteiger partial charge in [0.1, 0.15) is 11.5 Å². The molecule has 2 heteroatoms. The Morgan fingerprint density at radius 3 is 2.10 bits per heavy atom. The molecule has 3 aromatic rings. The van der Waals surface area contributed by atoms with E-state index in [-0.39, 0.29) is 11.2 Å². The molecule has 0 aliphatic heterocycles. The van der Waals surface area contributed by atoms with E-state index in [9.17, 15) is 4.79 Å². The number of allylic oxidation sites excluding steroid dienone is 3. The average Bonchev–Trinajstić information content (AvgIpc) is 3.07. The number of aryl methyl sites for hydroxylation is 1. The quantitative estimate of drug-likeness (QED) is 0.335. The van der Waals surface area contributed by atoms with Crippen LogP contribution in [0.5, 0.6) is 0 Å². The minimum absolute atomic E-state index is 0.0276. The van der Waals surface area contributed by atoms with Gasteiger partial charge in [0.05, 0.1) is 5.56 Å². The van der Waals surface area contributed by atoms with Crippen LogP contribution in [0.1, 0.15) is 55.1 Å². The summed E-state index contributed by atoms with van der Waals surface area (Å²) in [5, 5.41) is 0. The van der Waals surface area contributed by atoms with Crippen LogP contribution in [-0.4, -0.2) is 5.78 Å². The SMILES string of the molecule is CC(=O)c1cc(/C(=C\C=C\c2ccc(-c3ccccc3)cc2)C(C)(C)C)oc1C. The highest BCUT2D eigenvalue weighted by molar-refractivity contribution is 5.96. The highest BCUT2D eigenvalue weighted by Crippen LogP contribution is 2.36. The number of carbonyl (C=O) groups is 1. The largest absolute Gasteiger partial charge is 0.461 e. The summed E-state index contributed by atoms with van der Waals surface area (Å²) in [4.78, 5) is 11.8. The molecule has 0 aliphatic rings. The summed E-state index contributed by atoms with van der Waals surface area (Å²) in [5.74, 6) is 1.45. The number of furan rings is 1. The normalized spacial score (nSPS) is 12.5. The maximum absolute atomic E-state index is 11.8. The smallest absolute Gasteiger partial charge is 0.163 e. The predicted molar refractivity (Wildman–Crippen MR) is 122 cm³/mol. The van der Waals surface area contributed by atoms with Crippen LogP contribution in [0.25, 0.3) is 22.8 Å². The average molecular weight is 385 g/mol. The molecular formula is C27H28O2. The van der Waals surface area contributed by atoms with Crippen molar-refractivity contribution in [3.8, 4) is 11.1 Å². The van der Waals surface area contributed by atoms with E-state index in [0.717, 1.165) is 16.9 Å². The van der Waals surface area contributed by atoms with Gasteiger partial charge in [-0.15, -0.1) is 0 Å². The van der Waals surface area contributed by atoms with Crippen molar-refractivity contribution in [3.05, 3.63) is 95.5 Å². The summed E-state index contributed by atoms with van der Waals surface area (Å²) in [6.45, 7) is 9.84. The lowest BCUT2D eigenvalue weighted by molar-refractivity contribution is 0.101. The fourth-order valence-corrected chi connectivity index (χ4v) is 3.34. The Balaban J connectivity index is 1.85. The van der Waals surface area contributed by atoms with Crippen molar-refractivity contribution < 1.29 is 9.21 Å². The molecule has 0 saturated carbocycles. The second-order valence-electron chi connectivity index (χ2n) is 8.31. The van der Waals surface area contributed by atoms with Gasteiger partial charge in [-0.05, 0) is 42.0 Å². The number of hydrogen-bond donors (Lipinski definition) is 0. The third-order valence-corrected chi connectivity index (χ3v) is 4.94. The molecule has 0 bridgehead atoms. The second kappa shape index (κ2) is 8.48. The number of carbonyl (C=O) groups excluding carboxylic acids is 1. The molecule has 0 N–H and O–H groups in total. The van der Waals surface area contributed by atoms with Crippen molar-refractivity contribution in [1.82, 2.24) is 0 Å². The van der Waals surface area contributed by atoms with Crippen LogP contribution >= 0.6 is 0 Å². The molecule has 3 rings (SSSR count). The first-order chi connectivity index (χ1) is 13.8. The molecule has 2 aromatic carbocycles. The topological polar surface area (TPSA) is 30.2 Å². The first-order valence-electron chi connectivity index (χ1n) is 9.92. The highest BCUT2D eigenvalue weighted by atomic mass is 16.3. The standard InChI is InChI=1S/C27H28O2/c1-19(28)24-18-26(29-20(24)2)25(27(3,4)5)13-9-10-21-14-16-23(17-15-21)22-11-7-6-8-12-22/h6-18H,1-5H3/b10-9+,25-13+. The summed E-state index contributed by atoms with van der Waals surface area (Å²) in [6, 6.07) is 20.7. The van der Waals surface area contributed by atoms with Crippen LogP contribution in [0.15, 0.2) is 77.2 Å². The molecule has 0 amide bonds. The monoisotopic (exact) mass is 384 g/mol. The Bertz CT molecular complexity index is 1040. The fourth-order valence-electron chi connectivity index (χ4n) is 3.34. The summed E-state index contributed by atoms with van der Waals surface area (Å²) in [6.07, 6.45) is 6.21. The van der Waals surface area contributed by atoms with Gasteiger partial charge < -0.3 is 4.42 Å². The predicted octanol–water partition coefficient (Wildman–Crippen LogP) is 7.60. The van der Waals surface area contributed by atoms with Crippen molar-refractivity contribution in [2.45, 2.75) is 34.6 Å². The third kappa shape index (κ3) is 5.03. The molecule has 0 spiro atoms. The molecule has 0 fully saturated rings. The van der Waals surface area contributed by atoms with Crippen LogP contribution in [-0.2, 0) is 0 Å². The molecule has 0 saturated heterocycles. The lowest BCUT2D eigenvalue weighted by atomic mass is 9.84. The van der Waals surface area contributed by atoms with E-state index >= 15 is 0 Å². The molecule has 0 atom stereocenters. The second-order valence-corrected chi connectivity index (χ2v) is 8.31. The van der Waals surface area contributed by atoms with Gasteiger partial charge in [0.25, 0.3) is 0 Å². The molecule has 2 nitrogen and oxygen atoms in total. The summed E-state index contributed by atoms with van der Waals surface area (Å²) in [7, 11) is 0. The third-order valence-electron chi connectivity index (χ3n) is 4.94. The first kappa shape index (κ1) is 20.6. The van der Waals surface area contributed by atoms with Crippen molar-refractivity contribution in [2.24, 2.45) is 5.41 Å². The Hall–Kier alpha value is -3.13. The van der Waals surface area contributed by atoms with Crippen molar-refractivity contribution in [3.63, 3.8) is 0 Å². The molecule has 1 aromatic heterocycles. The van der Waals surface area contributed by atoms with E-state index in [1.54, 1.807) is 6.92 Å². The molecule has 1 heterocycles. The molecule has 148 valence electrons. The van der Waals surface area contributed by atoms with Gasteiger partial charge in [-0.3, -0.25) is 4.79 Å². The van der Waals surface area contributed by atoms with Gasteiger partial charge in [-0.1, -0.05) is 93.6 Å². The maximum Gasteiger partial charge on any atom is 0.163 e. The Labute approximate surface area is 173 Å². The zero-order valence-electron chi connectivity index (χ0n) is 17.8. The van der Waals surface area contributed by atoms with E-state index in [1.165, 1.54) is 11.1 Å². The van der Waals surface area contributed by atoms with E-state index in [0.29, 0.717) is 11.3 Å². The summed E-state index contributed by atoms with van der Waals surface area (Å²) in [5.41, 5.74) is 5.15. The van der Waals surface area contributed by atoms with Crippen LogP contribution in [0.2, 0.25) is 0 Å². The number of hydrogen-bond acceptors (Lipinski definition) is 2. The minimum atomic E-state index is -0.111. The molecule has 0 aliphatic carbocycles. The molecule has 29 heavy (non-hydrogen) atoms. The van der Waals surface area contributed by atoms with Gasteiger partial charge >= 0.3 is 0 Å². The zero-order valence-corrected chi connectivity index (χ0v) is 17.8. The first-order valence-corrected chi connectivity index (χ1v) is 9.92. The Kier molecular flexibility index (Phi) is 6.03. The van der Waals surface area contributed by atoms with Gasteiger partial charge in [0, 0.05) is 5.57 Å². The van der Waals surface area contributed by atoms with Crippen molar-refractivity contribution in [2.75, 3.05) is 0 Å². The van der Waals surface area contributed by atoms with Crippen LogP contribution in [0.3, 0.4) is 0 Å². The molecule has 0 unspecified atom stereocenters. The number of Topliss-reactive ketones (excluding diaryl/α,β-unsaturated/α-hetero) is 1. The van der Waals surface area contributed by atoms with E-state index in [2.05, 4.69) is 81.5 Å². The Morgan fingerprint density at radius 2 is 1.55 bits per heavy atom. The van der Waals surface area contributed by atoms with Crippen molar-refractivity contribution >= 4 is 17.4 Å². The van der Waals surface area contributed by atoms with Crippen LogP contribution < -0.4 is 0 Å². The van der Waals surface area contributed by atoms with E-state index < -0.39 is 0 Å². The van der Waals surface area contributed by atoms with Crippen LogP contribution in [0, 0.1) is 12.3 Å². The van der Waals surface area contributed by atoms with Gasteiger partial charge in [-0.2, -0.15) is 0 Å². The molecular weight excluding hydrogens is 356 g/mol. The van der Waals surface area contributed by atoms with Crippen molar-refractivity contribution in [1.29, 1.82) is 0 Å². The van der Waals surface area contributed by atoms with E-state index in [4.69, 9.17) is 4.42 Å². The number of rotatable bonds is 5. The number of benzene rings is 2. The van der Waals surface area contributed by atoms with E-state index in [1.807, 2.05) is 25.1 Å². The van der Waals surface area contributed by atoms with Gasteiger partial charge in [0.15, 0.2) is 5.78 Å². The van der Waals surface area contributed by atoms with Crippen LogP contribution in [0.4, 0.5) is 0 Å². The fraction of sp³-hybridized carbons (Fsp3) is 0.222. The zero-order chi connectivity index (χ0) is 21.0. The molecule has 0 radical (unpaired) electrons. The number of ketones is 1. The maximum atomic E-state index is 11.8.